The van der Waals surface area contributed by atoms with Crippen LogP contribution in [0.5, 0.6) is 0 Å². The van der Waals surface area contributed by atoms with Crippen LogP contribution in [0.15, 0.2) is 30.5 Å². The molecule has 0 amide bonds. The average molecular weight is 258 g/mol. The minimum absolute atomic E-state index is 0.0605. The van der Waals surface area contributed by atoms with Crippen LogP contribution in [-0.2, 0) is 0 Å². The Labute approximate surface area is 114 Å². The molecular weight excluding hydrogens is 236 g/mol. The third-order valence-electron chi connectivity index (χ3n) is 3.31. The number of hydrogen-bond donors (Lipinski definition) is 1. The van der Waals surface area contributed by atoms with Gasteiger partial charge in [0.2, 0.25) is 5.95 Å². The molecule has 0 fully saturated rings. The van der Waals surface area contributed by atoms with E-state index >= 15 is 0 Å². The van der Waals surface area contributed by atoms with E-state index in [2.05, 4.69) is 35.6 Å². The van der Waals surface area contributed by atoms with Crippen molar-refractivity contribution in [1.82, 2.24) is 9.97 Å². The van der Waals surface area contributed by atoms with E-state index in [1.165, 1.54) is 0 Å². The quantitative estimate of drug-likeness (QED) is 0.895. The Balaban J connectivity index is 2.30. The number of nitrogens with two attached hydrogens (primary N) is 1. The van der Waals surface area contributed by atoms with Gasteiger partial charge in [0, 0.05) is 24.7 Å². The number of rotatable bonds is 5. The fraction of sp³-hybridized carbons (Fsp3) is 0.467. The first-order valence-corrected chi connectivity index (χ1v) is 6.72. The normalized spacial score (nSPS) is 11.8. The maximum atomic E-state index is 5.81. The van der Waals surface area contributed by atoms with Gasteiger partial charge in [-0.25, -0.2) is 9.97 Å². The highest BCUT2D eigenvalue weighted by atomic mass is 15.2. The fourth-order valence-corrected chi connectivity index (χ4v) is 2.02. The van der Waals surface area contributed by atoms with Gasteiger partial charge in [0.1, 0.15) is 0 Å². The predicted octanol–water partition coefficient (Wildman–Crippen LogP) is 2.44. The predicted molar refractivity (Wildman–Crippen MR) is 80.3 cm³/mol. The van der Waals surface area contributed by atoms with Crippen molar-refractivity contribution in [3.8, 4) is 0 Å². The molecule has 1 aromatic carbocycles. The van der Waals surface area contributed by atoms with Gasteiger partial charge in [-0.2, -0.15) is 0 Å². The Morgan fingerprint density at radius 3 is 2.68 bits per heavy atom. The molecule has 1 aromatic heterocycles. The molecule has 0 radical (unpaired) electrons. The number of para-hydroxylation sites is 1. The lowest BCUT2D eigenvalue weighted by Gasteiger charge is -2.31. The zero-order valence-electron chi connectivity index (χ0n) is 11.9. The van der Waals surface area contributed by atoms with Gasteiger partial charge in [0.15, 0.2) is 0 Å². The van der Waals surface area contributed by atoms with Gasteiger partial charge in [0.25, 0.3) is 0 Å². The largest absolute Gasteiger partial charge is 0.341 e. The van der Waals surface area contributed by atoms with Crippen molar-refractivity contribution in [2.45, 2.75) is 20.8 Å². The van der Waals surface area contributed by atoms with E-state index in [1.807, 2.05) is 30.5 Å². The first kappa shape index (κ1) is 13.7. The summed E-state index contributed by atoms with van der Waals surface area (Å²) in [6, 6.07) is 8.04. The van der Waals surface area contributed by atoms with E-state index in [4.69, 9.17) is 5.73 Å². The van der Waals surface area contributed by atoms with Crippen LogP contribution < -0.4 is 10.6 Å². The number of anilines is 1. The summed E-state index contributed by atoms with van der Waals surface area (Å²) in [6.07, 6.45) is 1.88. The minimum atomic E-state index is 0.0605. The van der Waals surface area contributed by atoms with Gasteiger partial charge < -0.3 is 10.6 Å². The van der Waals surface area contributed by atoms with Crippen LogP contribution >= 0.6 is 0 Å². The standard InChI is InChI=1S/C15H22N4/c1-4-19(11-15(2,3)10-16)14-17-9-12-7-5-6-8-13(12)18-14/h5-9H,4,10-11,16H2,1-3H3. The monoisotopic (exact) mass is 258 g/mol. The van der Waals surface area contributed by atoms with E-state index in [-0.39, 0.29) is 5.41 Å². The summed E-state index contributed by atoms with van der Waals surface area (Å²) in [7, 11) is 0. The first-order valence-electron chi connectivity index (χ1n) is 6.72. The molecule has 1 heterocycles. The summed E-state index contributed by atoms with van der Waals surface area (Å²) in [5.74, 6) is 0.780. The number of aromatic nitrogens is 2. The minimum Gasteiger partial charge on any atom is -0.341 e. The Morgan fingerprint density at radius 2 is 2.00 bits per heavy atom. The molecule has 2 rings (SSSR count). The molecule has 19 heavy (non-hydrogen) atoms. The summed E-state index contributed by atoms with van der Waals surface area (Å²) in [4.78, 5) is 11.3. The van der Waals surface area contributed by atoms with Crippen LogP contribution in [0.25, 0.3) is 10.9 Å². The highest BCUT2D eigenvalue weighted by Crippen LogP contribution is 2.20. The highest BCUT2D eigenvalue weighted by Gasteiger charge is 2.21. The smallest absolute Gasteiger partial charge is 0.225 e. The number of fused-ring (bicyclic) bond motifs is 1. The lowest BCUT2D eigenvalue weighted by Crippen LogP contribution is -2.39. The Morgan fingerprint density at radius 1 is 1.26 bits per heavy atom. The molecule has 2 aromatic rings. The third-order valence-corrected chi connectivity index (χ3v) is 3.31. The molecule has 4 heteroatoms. The SMILES string of the molecule is CCN(CC(C)(C)CN)c1ncc2ccccc2n1. The van der Waals surface area contributed by atoms with Gasteiger partial charge in [-0.05, 0) is 24.9 Å². The molecule has 0 aliphatic carbocycles. The zero-order valence-corrected chi connectivity index (χ0v) is 11.9. The molecule has 0 spiro atoms. The average Bonchev–Trinajstić information content (AvgIpc) is 2.44. The second-order valence-corrected chi connectivity index (χ2v) is 5.61. The molecule has 0 unspecified atom stereocenters. The number of hydrogen-bond acceptors (Lipinski definition) is 4. The zero-order chi connectivity index (χ0) is 13.9. The Bertz CT molecular complexity index is 551. The van der Waals surface area contributed by atoms with E-state index < -0.39 is 0 Å². The van der Waals surface area contributed by atoms with E-state index in [1.54, 1.807) is 0 Å². The molecule has 0 saturated carbocycles. The summed E-state index contributed by atoms with van der Waals surface area (Å²) in [6.45, 7) is 8.83. The molecule has 0 aliphatic rings. The topological polar surface area (TPSA) is 55.0 Å². The van der Waals surface area contributed by atoms with Crippen molar-refractivity contribution < 1.29 is 0 Å². The molecule has 0 aliphatic heterocycles. The van der Waals surface area contributed by atoms with Crippen molar-refractivity contribution in [1.29, 1.82) is 0 Å². The molecule has 2 N–H and O–H groups in total. The summed E-state index contributed by atoms with van der Waals surface area (Å²) in [5.41, 5.74) is 6.85. The molecule has 0 saturated heterocycles. The fourth-order valence-electron chi connectivity index (χ4n) is 2.02. The van der Waals surface area contributed by atoms with Gasteiger partial charge >= 0.3 is 0 Å². The van der Waals surface area contributed by atoms with E-state index in [0.717, 1.165) is 29.9 Å². The Kier molecular flexibility index (Phi) is 4.00. The van der Waals surface area contributed by atoms with Crippen molar-refractivity contribution >= 4 is 16.9 Å². The highest BCUT2D eigenvalue weighted by molar-refractivity contribution is 5.78. The molecule has 0 bridgehead atoms. The maximum Gasteiger partial charge on any atom is 0.225 e. The van der Waals surface area contributed by atoms with Crippen LogP contribution in [0.1, 0.15) is 20.8 Å². The van der Waals surface area contributed by atoms with E-state index in [9.17, 15) is 0 Å². The number of benzene rings is 1. The van der Waals surface area contributed by atoms with Crippen LogP contribution in [0.4, 0.5) is 5.95 Å². The van der Waals surface area contributed by atoms with Crippen molar-refractivity contribution in [2.75, 3.05) is 24.5 Å². The van der Waals surface area contributed by atoms with Crippen molar-refractivity contribution in [3.63, 3.8) is 0 Å². The summed E-state index contributed by atoms with van der Waals surface area (Å²) < 4.78 is 0. The van der Waals surface area contributed by atoms with Crippen LogP contribution in [-0.4, -0.2) is 29.6 Å². The molecule has 4 nitrogen and oxygen atoms in total. The number of nitrogens with zero attached hydrogens (tertiary/aromatic N) is 3. The third kappa shape index (κ3) is 3.20. The van der Waals surface area contributed by atoms with Crippen LogP contribution in [0.2, 0.25) is 0 Å². The van der Waals surface area contributed by atoms with E-state index in [0.29, 0.717) is 6.54 Å². The summed E-state index contributed by atoms with van der Waals surface area (Å²) >= 11 is 0. The first-order chi connectivity index (χ1) is 9.05. The lowest BCUT2D eigenvalue weighted by molar-refractivity contribution is 0.377. The van der Waals surface area contributed by atoms with Crippen LogP contribution in [0.3, 0.4) is 0 Å². The molecular formula is C15H22N4. The van der Waals surface area contributed by atoms with Crippen LogP contribution in [0, 0.1) is 5.41 Å². The lowest BCUT2D eigenvalue weighted by atomic mass is 9.93. The maximum absolute atomic E-state index is 5.81. The molecule has 0 atom stereocenters. The van der Waals surface area contributed by atoms with Gasteiger partial charge in [-0.1, -0.05) is 32.0 Å². The van der Waals surface area contributed by atoms with Gasteiger partial charge in [-0.15, -0.1) is 0 Å². The second-order valence-electron chi connectivity index (χ2n) is 5.61. The van der Waals surface area contributed by atoms with Gasteiger partial charge in [-0.3, -0.25) is 0 Å². The van der Waals surface area contributed by atoms with Gasteiger partial charge in [0.05, 0.1) is 5.52 Å². The molecule has 102 valence electrons. The second kappa shape index (κ2) is 5.53. The van der Waals surface area contributed by atoms with Crippen molar-refractivity contribution in [2.24, 2.45) is 11.1 Å². The van der Waals surface area contributed by atoms with Crippen molar-refractivity contribution in [3.05, 3.63) is 30.5 Å². The summed E-state index contributed by atoms with van der Waals surface area (Å²) in [5, 5.41) is 1.07. The Hall–Kier alpha value is -1.68.